The summed E-state index contributed by atoms with van der Waals surface area (Å²) in [7, 11) is 0. The van der Waals surface area contributed by atoms with E-state index in [1.54, 1.807) is 0 Å². The average molecular weight is 176 g/mol. The van der Waals surface area contributed by atoms with Gasteiger partial charge in [0.05, 0.1) is 0 Å². The monoisotopic (exact) mass is 176 g/mol. The number of cyclic esters (lactones) is 4. The Balaban J connectivity index is 0.000000120. The highest BCUT2D eigenvalue weighted by Gasteiger charge is 2.09. The molecular weight excluding hydrogens is 168 g/mol. The molecule has 0 aliphatic carbocycles. The number of hydrogen-bond donors (Lipinski definition) is 0. The van der Waals surface area contributed by atoms with Crippen molar-refractivity contribution < 1.29 is 28.5 Å². The van der Waals surface area contributed by atoms with Gasteiger partial charge in [-0.3, -0.25) is 0 Å². The van der Waals surface area contributed by atoms with Gasteiger partial charge in [-0.1, -0.05) is 0 Å². The van der Waals surface area contributed by atoms with Crippen molar-refractivity contribution in [3.05, 3.63) is 0 Å². The molecule has 0 spiro atoms. The van der Waals surface area contributed by atoms with Gasteiger partial charge in [0.15, 0.2) is 0 Å². The summed E-state index contributed by atoms with van der Waals surface area (Å²) < 4.78 is 17.2. The van der Waals surface area contributed by atoms with Crippen molar-refractivity contribution >= 4 is 12.3 Å². The zero-order valence-corrected chi connectivity index (χ0v) is 6.28. The molecule has 2 heterocycles. The number of ether oxygens (including phenoxy) is 4. The Labute approximate surface area is 68.3 Å². The van der Waals surface area contributed by atoms with Crippen molar-refractivity contribution in [1.29, 1.82) is 0 Å². The Kier molecular flexibility index (Phi) is 3.18. The standard InChI is InChI=1S/2C3H4O3/c2*4-3-5-1-2-6-3/h2*1-2H2. The molecule has 0 unspecified atom stereocenters. The first-order valence-corrected chi connectivity index (χ1v) is 3.38. The molecule has 0 amide bonds. The van der Waals surface area contributed by atoms with Gasteiger partial charge >= 0.3 is 12.3 Å². The minimum Gasteiger partial charge on any atom is -0.431 e. The molecule has 0 N–H and O–H groups in total. The highest BCUT2D eigenvalue weighted by molar-refractivity contribution is 5.61. The summed E-state index contributed by atoms with van der Waals surface area (Å²) in [6.07, 6.45) is -1.09. The molecule has 2 saturated heterocycles. The second-order valence-electron chi connectivity index (χ2n) is 1.89. The third kappa shape index (κ3) is 3.09. The first kappa shape index (κ1) is 8.63. The van der Waals surface area contributed by atoms with Gasteiger partial charge in [-0.25, -0.2) is 9.59 Å². The van der Waals surface area contributed by atoms with E-state index in [1.165, 1.54) is 0 Å². The summed E-state index contributed by atoms with van der Waals surface area (Å²) in [5.41, 5.74) is 0. The van der Waals surface area contributed by atoms with Crippen LogP contribution in [-0.2, 0) is 18.9 Å². The van der Waals surface area contributed by atoms with Crippen LogP contribution in [0.5, 0.6) is 0 Å². The first-order valence-electron chi connectivity index (χ1n) is 3.38. The first-order chi connectivity index (χ1) is 5.79. The molecule has 68 valence electrons. The van der Waals surface area contributed by atoms with Gasteiger partial charge in [0.2, 0.25) is 0 Å². The molecule has 0 aromatic rings. The van der Waals surface area contributed by atoms with Gasteiger partial charge in [0, 0.05) is 0 Å². The van der Waals surface area contributed by atoms with Gasteiger partial charge in [0.1, 0.15) is 26.4 Å². The molecule has 2 aliphatic heterocycles. The third-order valence-corrected chi connectivity index (χ3v) is 1.05. The lowest BCUT2D eigenvalue weighted by molar-refractivity contribution is 0.130. The van der Waals surface area contributed by atoms with Gasteiger partial charge in [-0.15, -0.1) is 0 Å². The summed E-state index contributed by atoms with van der Waals surface area (Å²) in [5.74, 6) is 0. The highest BCUT2D eigenvalue weighted by Crippen LogP contribution is 1.92. The number of rotatable bonds is 0. The van der Waals surface area contributed by atoms with E-state index in [2.05, 4.69) is 18.9 Å². The maximum Gasteiger partial charge on any atom is 0.508 e. The lowest BCUT2D eigenvalue weighted by Crippen LogP contribution is -1.88. The van der Waals surface area contributed by atoms with Crippen molar-refractivity contribution in [2.75, 3.05) is 26.4 Å². The fourth-order valence-electron chi connectivity index (χ4n) is 0.583. The molecule has 2 fully saturated rings. The molecule has 0 radical (unpaired) electrons. The van der Waals surface area contributed by atoms with E-state index in [0.717, 1.165) is 0 Å². The highest BCUT2D eigenvalue weighted by atomic mass is 16.8. The van der Waals surface area contributed by atoms with Gasteiger partial charge < -0.3 is 18.9 Å². The van der Waals surface area contributed by atoms with Crippen LogP contribution >= 0.6 is 0 Å². The van der Waals surface area contributed by atoms with Crippen LogP contribution < -0.4 is 0 Å². The Hall–Kier alpha value is -1.46. The molecule has 12 heavy (non-hydrogen) atoms. The number of carbonyl (C=O) groups is 2. The molecule has 0 aromatic heterocycles. The van der Waals surface area contributed by atoms with E-state index in [4.69, 9.17) is 0 Å². The van der Waals surface area contributed by atoms with Gasteiger partial charge in [-0.2, -0.15) is 0 Å². The molecule has 0 saturated carbocycles. The van der Waals surface area contributed by atoms with Crippen LogP contribution in [0.15, 0.2) is 0 Å². The van der Waals surface area contributed by atoms with Crippen LogP contribution in [0.1, 0.15) is 0 Å². The van der Waals surface area contributed by atoms with Crippen molar-refractivity contribution in [1.82, 2.24) is 0 Å². The van der Waals surface area contributed by atoms with Crippen LogP contribution in [0.3, 0.4) is 0 Å². The predicted octanol–water partition coefficient (Wildman–Crippen LogP) is 0.306. The van der Waals surface area contributed by atoms with Crippen molar-refractivity contribution in [3.63, 3.8) is 0 Å². The fraction of sp³-hybridized carbons (Fsp3) is 0.667. The summed E-state index contributed by atoms with van der Waals surface area (Å²) in [5, 5.41) is 0. The van der Waals surface area contributed by atoms with Crippen molar-refractivity contribution in [2.24, 2.45) is 0 Å². The minimum atomic E-state index is -0.546. The SMILES string of the molecule is O=C1OCCO1.O=C1OCCO1. The Morgan fingerprint density at radius 3 is 1.00 bits per heavy atom. The number of hydrogen-bond acceptors (Lipinski definition) is 6. The number of carbonyl (C=O) groups excluding carboxylic acids is 2. The van der Waals surface area contributed by atoms with Gasteiger partial charge in [-0.05, 0) is 0 Å². The molecule has 6 heteroatoms. The Morgan fingerprint density at radius 1 is 0.667 bits per heavy atom. The minimum absolute atomic E-state index is 0.416. The molecule has 6 nitrogen and oxygen atoms in total. The topological polar surface area (TPSA) is 71.1 Å². The second-order valence-corrected chi connectivity index (χ2v) is 1.89. The van der Waals surface area contributed by atoms with Crippen LogP contribution in [-0.4, -0.2) is 38.7 Å². The summed E-state index contributed by atoms with van der Waals surface area (Å²) in [6, 6.07) is 0. The maximum absolute atomic E-state index is 9.80. The lowest BCUT2D eigenvalue weighted by atomic mass is 10.8. The fourth-order valence-corrected chi connectivity index (χ4v) is 0.583. The average Bonchev–Trinajstić information content (AvgIpc) is 2.63. The smallest absolute Gasteiger partial charge is 0.431 e. The van der Waals surface area contributed by atoms with Crippen LogP contribution in [0.2, 0.25) is 0 Å². The normalized spacial score (nSPS) is 19.7. The van der Waals surface area contributed by atoms with Crippen molar-refractivity contribution in [2.45, 2.75) is 0 Å². The largest absolute Gasteiger partial charge is 0.508 e. The molecule has 0 aromatic carbocycles. The quantitative estimate of drug-likeness (QED) is 0.494. The Morgan fingerprint density at radius 2 is 0.917 bits per heavy atom. The lowest BCUT2D eigenvalue weighted by Gasteiger charge is -1.78. The second kappa shape index (κ2) is 4.42. The van der Waals surface area contributed by atoms with E-state index in [9.17, 15) is 9.59 Å². The molecular formula is C6H8O6. The predicted molar refractivity (Wildman–Crippen MR) is 34.6 cm³/mol. The van der Waals surface area contributed by atoms with Gasteiger partial charge in [0.25, 0.3) is 0 Å². The Bertz CT molecular complexity index is 141. The summed E-state index contributed by atoms with van der Waals surface area (Å²) >= 11 is 0. The van der Waals surface area contributed by atoms with Crippen molar-refractivity contribution in [3.8, 4) is 0 Å². The van der Waals surface area contributed by atoms with E-state index in [-0.39, 0.29) is 0 Å². The van der Waals surface area contributed by atoms with E-state index in [1.807, 2.05) is 0 Å². The maximum atomic E-state index is 9.80. The molecule has 0 atom stereocenters. The van der Waals surface area contributed by atoms with E-state index in [0.29, 0.717) is 26.4 Å². The van der Waals surface area contributed by atoms with Crippen LogP contribution in [0.4, 0.5) is 9.59 Å². The summed E-state index contributed by atoms with van der Waals surface area (Å²) in [6.45, 7) is 1.66. The van der Waals surface area contributed by atoms with Crippen LogP contribution in [0.25, 0.3) is 0 Å². The third-order valence-electron chi connectivity index (χ3n) is 1.05. The zero-order valence-electron chi connectivity index (χ0n) is 6.28. The summed E-state index contributed by atoms with van der Waals surface area (Å²) in [4.78, 5) is 19.6. The van der Waals surface area contributed by atoms with Crippen LogP contribution in [0, 0.1) is 0 Å². The molecule has 0 bridgehead atoms. The molecule has 2 rings (SSSR count). The van der Waals surface area contributed by atoms with E-state index < -0.39 is 12.3 Å². The van der Waals surface area contributed by atoms with E-state index >= 15 is 0 Å². The molecule has 2 aliphatic rings. The zero-order chi connectivity index (χ0) is 8.81.